The molecule has 2 heterocycles. The van der Waals surface area contributed by atoms with Gasteiger partial charge >= 0.3 is 0 Å². The zero-order chi connectivity index (χ0) is 31.0. The van der Waals surface area contributed by atoms with Crippen LogP contribution in [0, 0.1) is 17.3 Å². The molecule has 0 saturated heterocycles. The van der Waals surface area contributed by atoms with Crippen LogP contribution in [-0.4, -0.2) is 49.7 Å². The second-order valence-electron chi connectivity index (χ2n) is 12.8. The molecule has 10 heteroatoms. The minimum Gasteiger partial charge on any atom is -0.487 e. The number of benzene rings is 2. The van der Waals surface area contributed by atoms with Gasteiger partial charge in [0.15, 0.2) is 6.29 Å². The number of sulfonamides is 1. The van der Waals surface area contributed by atoms with Crippen LogP contribution in [-0.2, 0) is 27.8 Å². The van der Waals surface area contributed by atoms with E-state index >= 15 is 0 Å². The van der Waals surface area contributed by atoms with Crippen LogP contribution >= 0.6 is 11.6 Å². The number of anilines is 1. The van der Waals surface area contributed by atoms with Crippen molar-refractivity contribution in [2.45, 2.75) is 76.8 Å². The van der Waals surface area contributed by atoms with Crippen molar-refractivity contribution in [3.8, 4) is 5.75 Å². The summed E-state index contributed by atoms with van der Waals surface area (Å²) < 4.78 is 35.0. The first kappa shape index (κ1) is 31.5. The van der Waals surface area contributed by atoms with Crippen LogP contribution < -0.4 is 14.4 Å². The molecule has 1 unspecified atom stereocenters. The van der Waals surface area contributed by atoms with E-state index in [-0.39, 0.29) is 17.4 Å². The summed E-state index contributed by atoms with van der Waals surface area (Å²) in [5.41, 5.74) is 0.981. The number of amides is 1. The molecule has 2 N–H and O–H groups in total. The number of ether oxygens (including phenoxy) is 1. The Balaban J connectivity index is 1.60. The smallest absolute Gasteiger partial charge is 0.264 e. The molecule has 232 valence electrons. The molecule has 0 radical (unpaired) electrons. The number of nitrogens with zero attached hydrogens (tertiary/aromatic N) is 1. The lowest BCUT2D eigenvalue weighted by Crippen LogP contribution is -2.57. The van der Waals surface area contributed by atoms with Crippen molar-refractivity contribution in [1.29, 1.82) is 0 Å². The van der Waals surface area contributed by atoms with E-state index in [0.29, 0.717) is 55.3 Å². The predicted octanol–water partition coefficient (Wildman–Crippen LogP) is 5.45. The van der Waals surface area contributed by atoms with Gasteiger partial charge in [0.1, 0.15) is 18.0 Å². The van der Waals surface area contributed by atoms with E-state index in [1.165, 1.54) is 6.08 Å². The lowest BCUT2D eigenvalue weighted by atomic mass is 9.55. The molecule has 2 bridgehead atoms. The molecule has 43 heavy (non-hydrogen) atoms. The van der Waals surface area contributed by atoms with Crippen molar-refractivity contribution in [2.75, 3.05) is 18.0 Å². The SMILES string of the molecule is C[C@@H]1[C@@H](C)C/C=C/[C@@](O)(C=O)[C@@H]2CCC2(C)CN2CCCCc3cc(Cl)ccc3COc3ccc(cc32)C(=O)NS1(=O)=O. The number of hydrogen-bond donors (Lipinski definition) is 2. The van der Waals surface area contributed by atoms with Gasteiger partial charge in [0.25, 0.3) is 5.91 Å². The second-order valence-corrected chi connectivity index (χ2v) is 15.3. The summed E-state index contributed by atoms with van der Waals surface area (Å²) in [6.07, 6.45) is 8.25. The quantitative estimate of drug-likeness (QED) is 0.319. The second kappa shape index (κ2) is 12.3. The third kappa shape index (κ3) is 6.49. The number of fused-ring (bicyclic) bond motifs is 3. The molecule has 1 fully saturated rings. The highest BCUT2D eigenvalue weighted by atomic mass is 35.5. The molecule has 2 aromatic rings. The lowest BCUT2D eigenvalue weighted by Gasteiger charge is -2.54. The Morgan fingerprint density at radius 1 is 1.14 bits per heavy atom. The first-order valence-corrected chi connectivity index (χ1v) is 17.0. The third-order valence-corrected chi connectivity index (χ3v) is 11.9. The average Bonchev–Trinajstić information content (AvgIpc) is 2.99. The van der Waals surface area contributed by atoms with Gasteiger partial charge in [-0.3, -0.25) is 9.59 Å². The Bertz CT molecular complexity index is 1530. The number of hydrogen-bond acceptors (Lipinski definition) is 7. The molecule has 1 amide bonds. The summed E-state index contributed by atoms with van der Waals surface area (Å²) in [6.45, 7) is 6.90. The maximum atomic E-state index is 13.4. The van der Waals surface area contributed by atoms with Crippen molar-refractivity contribution in [2.24, 2.45) is 17.3 Å². The standard InChI is InChI=1S/C33H41ClN2O6S/c1-22-7-6-14-33(39,21-37)30-13-15-32(30,3)20-36-16-5-4-8-24-17-27(34)11-9-26(24)19-42-29-12-10-25(18-28(29)36)31(38)35-43(40,41)23(22)2/h6,9-12,14,17-18,21-23,30,39H,4-5,7-8,13,15-16,19-20H2,1-3H3,(H,35,38)/b14-6+/t22-,23+,30+,32?,33+/m0/s1. The molecule has 8 nitrogen and oxygen atoms in total. The Morgan fingerprint density at radius 3 is 2.65 bits per heavy atom. The molecular formula is C33H41ClN2O6S. The van der Waals surface area contributed by atoms with Crippen molar-refractivity contribution in [3.05, 3.63) is 70.3 Å². The predicted molar refractivity (Wildman–Crippen MR) is 168 cm³/mol. The van der Waals surface area contributed by atoms with Crippen molar-refractivity contribution in [3.63, 3.8) is 0 Å². The largest absolute Gasteiger partial charge is 0.487 e. The summed E-state index contributed by atoms with van der Waals surface area (Å²) >= 11 is 6.30. The van der Waals surface area contributed by atoms with Crippen LogP contribution in [0.4, 0.5) is 5.69 Å². The Labute approximate surface area is 259 Å². The Morgan fingerprint density at radius 2 is 1.93 bits per heavy atom. The van der Waals surface area contributed by atoms with E-state index in [4.69, 9.17) is 16.3 Å². The van der Waals surface area contributed by atoms with Crippen molar-refractivity contribution < 1.29 is 27.9 Å². The summed E-state index contributed by atoms with van der Waals surface area (Å²) in [7, 11) is -4.01. The molecule has 5 rings (SSSR count). The van der Waals surface area contributed by atoms with Gasteiger partial charge in [0.05, 0.1) is 10.9 Å². The highest BCUT2D eigenvalue weighted by molar-refractivity contribution is 7.90. The zero-order valence-electron chi connectivity index (χ0n) is 25.0. The minimum absolute atomic E-state index is 0.213. The number of allylic oxidation sites excluding steroid dienone is 1. The van der Waals surface area contributed by atoms with Crippen LogP contribution in [0.3, 0.4) is 0 Å². The maximum absolute atomic E-state index is 13.4. The van der Waals surface area contributed by atoms with Crippen LogP contribution in [0.5, 0.6) is 5.75 Å². The third-order valence-electron chi connectivity index (χ3n) is 9.80. The highest BCUT2D eigenvalue weighted by Gasteiger charge is 2.53. The number of nitrogens with one attached hydrogen (secondary N) is 1. The van der Waals surface area contributed by atoms with E-state index < -0.39 is 32.2 Å². The van der Waals surface area contributed by atoms with E-state index in [1.54, 1.807) is 38.1 Å². The molecule has 0 aromatic heterocycles. The van der Waals surface area contributed by atoms with E-state index in [0.717, 1.165) is 36.8 Å². The van der Waals surface area contributed by atoms with Crippen LogP contribution in [0.15, 0.2) is 48.6 Å². The van der Waals surface area contributed by atoms with E-state index in [2.05, 4.69) is 16.5 Å². The van der Waals surface area contributed by atoms with Crippen LogP contribution in [0.1, 0.15) is 74.4 Å². The summed E-state index contributed by atoms with van der Waals surface area (Å²) in [6, 6.07) is 10.8. The van der Waals surface area contributed by atoms with Crippen LogP contribution in [0.25, 0.3) is 0 Å². The van der Waals surface area contributed by atoms with Crippen LogP contribution in [0.2, 0.25) is 5.02 Å². The maximum Gasteiger partial charge on any atom is 0.264 e. The van der Waals surface area contributed by atoms with E-state index in [1.807, 2.05) is 18.2 Å². The van der Waals surface area contributed by atoms with Gasteiger partial charge in [0.2, 0.25) is 10.0 Å². The van der Waals surface area contributed by atoms with Gasteiger partial charge in [-0.15, -0.1) is 0 Å². The number of aliphatic hydroxyl groups is 1. The highest BCUT2D eigenvalue weighted by Crippen LogP contribution is 2.53. The first-order valence-electron chi connectivity index (χ1n) is 15.1. The Hall–Kier alpha value is -2.88. The van der Waals surface area contributed by atoms with Gasteiger partial charge in [-0.25, -0.2) is 13.1 Å². The average molecular weight is 629 g/mol. The number of rotatable bonds is 1. The van der Waals surface area contributed by atoms with Gasteiger partial charge < -0.3 is 14.7 Å². The molecule has 0 spiro atoms. The van der Waals surface area contributed by atoms with Gasteiger partial charge in [-0.1, -0.05) is 37.6 Å². The summed E-state index contributed by atoms with van der Waals surface area (Å²) in [5.74, 6) is -0.817. The number of carbonyl (C=O) groups is 2. The van der Waals surface area contributed by atoms with Crippen molar-refractivity contribution in [1.82, 2.24) is 4.72 Å². The van der Waals surface area contributed by atoms with Gasteiger partial charge in [-0.05, 0) is 104 Å². The fourth-order valence-electron chi connectivity index (χ4n) is 6.74. The molecule has 2 aromatic carbocycles. The number of carbonyl (C=O) groups excluding carboxylic acids is 2. The molecule has 1 aliphatic carbocycles. The normalized spacial score (nSPS) is 32.0. The zero-order valence-corrected chi connectivity index (χ0v) is 26.6. The fraction of sp³-hybridized carbons (Fsp3) is 0.515. The van der Waals surface area contributed by atoms with Gasteiger partial charge in [0, 0.05) is 29.6 Å². The number of halogens is 1. The van der Waals surface area contributed by atoms with Crippen molar-refractivity contribution >= 4 is 39.5 Å². The molecular weight excluding hydrogens is 588 g/mol. The molecule has 3 aliphatic rings. The summed E-state index contributed by atoms with van der Waals surface area (Å²) in [5, 5.41) is 11.3. The molecule has 2 aliphatic heterocycles. The fourth-order valence-corrected chi connectivity index (χ4v) is 8.22. The number of aryl methyl sites for hydroxylation is 1. The molecule has 5 atom stereocenters. The van der Waals surface area contributed by atoms with E-state index in [9.17, 15) is 23.1 Å². The topological polar surface area (TPSA) is 113 Å². The minimum atomic E-state index is -4.01. The summed E-state index contributed by atoms with van der Waals surface area (Å²) in [4.78, 5) is 27.9. The lowest BCUT2D eigenvalue weighted by molar-refractivity contribution is -0.139. The Kier molecular flexibility index (Phi) is 8.99. The molecule has 1 saturated carbocycles. The monoisotopic (exact) mass is 628 g/mol. The number of aldehydes is 1. The first-order chi connectivity index (χ1) is 20.3. The van der Waals surface area contributed by atoms with Gasteiger partial charge in [-0.2, -0.15) is 0 Å².